The number of hydrogen-bond donors (Lipinski definition) is 1. The number of nitrogens with zero attached hydrogens (tertiary/aromatic N) is 1. The molecule has 0 saturated carbocycles. The zero-order valence-corrected chi connectivity index (χ0v) is 7.42. The van der Waals surface area contributed by atoms with Crippen LogP contribution in [0.4, 0.5) is 22.0 Å². The first-order valence-corrected chi connectivity index (χ1v) is 3.85. The van der Waals surface area contributed by atoms with E-state index in [9.17, 15) is 22.0 Å². The zero-order valence-electron chi connectivity index (χ0n) is 6.61. The van der Waals surface area contributed by atoms with Crippen LogP contribution >= 0.6 is 12.2 Å². The summed E-state index contributed by atoms with van der Waals surface area (Å²) in [5, 5.41) is 1.88. The number of aromatic nitrogens is 2. The van der Waals surface area contributed by atoms with E-state index in [1.807, 2.05) is 5.10 Å². The van der Waals surface area contributed by atoms with Gasteiger partial charge in [0.15, 0.2) is 0 Å². The number of rotatable bonds is 2. The quantitative estimate of drug-likeness (QED) is 0.614. The fraction of sp³-hybridized carbons (Fsp3) is 0.500. The Morgan fingerprint density at radius 3 is 2.36 bits per heavy atom. The van der Waals surface area contributed by atoms with Gasteiger partial charge in [-0.2, -0.15) is 13.2 Å². The molecule has 0 spiro atoms. The minimum Gasteiger partial charge on any atom is -0.296 e. The molecule has 0 unspecified atom stereocenters. The van der Waals surface area contributed by atoms with E-state index < -0.39 is 24.8 Å². The van der Waals surface area contributed by atoms with Crippen molar-refractivity contribution in [3.05, 3.63) is 16.4 Å². The fourth-order valence-electron chi connectivity index (χ4n) is 0.863. The molecule has 0 aromatic carbocycles. The number of H-pyrrole nitrogens is 1. The molecule has 0 amide bonds. The fourth-order valence-corrected chi connectivity index (χ4v) is 1.10. The van der Waals surface area contributed by atoms with Crippen LogP contribution in [0.1, 0.15) is 12.1 Å². The van der Waals surface area contributed by atoms with Crippen LogP contribution in [0.2, 0.25) is 0 Å². The lowest BCUT2D eigenvalue weighted by Crippen LogP contribution is -2.18. The van der Waals surface area contributed by atoms with Crippen LogP contribution in [0.25, 0.3) is 0 Å². The zero-order chi connectivity index (χ0) is 10.9. The van der Waals surface area contributed by atoms with Crippen LogP contribution in [0.15, 0.2) is 6.07 Å². The van der Waals surface area contributed by atoms with E-state index in [2.05, 4.69) is 12.2 Å². The molecule has 0 aliphatic heterocycles. The van der Waals surface area contributed by atoms with Crippen molar-refractivity contribution >= 4 is 12.2 Å². The first kappa shape index (κ1) is 11.2. The Morgan fingerprint density at radius 2 is 2.00 bits per heavy atom. The van der Waals surface area contributed by atoms with E-state index in [0.29, 0.717) is 4.68 Å². The highest BCUT2D eigenvalue weighted by molar-refractivity contribution is 7.71. The summed E-state index contributed by atoms with van der Waals surface area (Å²) >= 11 is 4.46. The van der Waals surface area contributed by atoms with Crippen LogP contribution in [-0.2, 0) is 6.54 Å². The van der Waals surface area contributed by atoms with E-state index in [-0.39, 0.29) is 4.64 Å². The van der Waals surface area contributed by atoms with Gasteiger partial charge in [-0.25, -0.2) is 8.78 Å². The lowest BCUT2D eigenvalue weighted by molar-refractivity contribution is -0.143. The molecule has 1 rings (SSSR count). The number of halogens is 5. The highest BCUT2D eigenvalue weighted by Gasteiger charge is 2.29. The van der Waals surface area contributed by atoms with Gasteiger partial charge >= 0.3 is 6.18 Å². The normalized spacial score (nSPS) is 12.4. The Bertz CT molecular complexity index is 363. The lowest BCUT2D eigenvalue weighted by Gasteiger charge is -2.06. The first-order chi connectivity index (χ1) is 6.29. The minimum atomic E-state index is -4.48. The molecule has 2 nitrogen and oxygen atoms in total. The van der Waals surface area contributed by atoms with E-state index in [0.717, 1.165) is 6.07 Å². The van der Waals surface area contributed by atoms with Gasteiger partial charge in [0.25, 0.3) is 6.43 Å². The maximum Gasteiger partial charge on any atom is 0.407 e. The van der Waals surface area contributed by atoms with Crippen molar-refractivity contribution in [1.82, 2.24) is 9.78 Å². The second kappa shape index (κ2) is 3.68. The maximum absolute atomic E-state index is 12.0. The number of hydrogen-bond acceptors (Lipinski definition) is 1. The molecule has 0 saturated heterocycles. The largest absolute Gasteiger partial charge is 0.407 e. The summed E-state index contributed by atoms with van der Waals surface area (Å²) in [5.41, 5.74) is -0.612. The summed E-state index contributed by atoms with van der Waals surface area (Å²) in [6, 6.07) is 0.811. The predicted molar refractivity (Wildman–Crippen MR) is 40.6 cm³/mol. The Kier molecular flexibility index (Phi) is 2.93. The number of aromatic amines is 1. The second-order valence-corrected chi connectivity index (χ2v) is 2.97. The topological polar surface area (TPSA) is 20.7 Å². The van der Waals surface area contributed by atoms with Crippen molar-refractivity contribution in [1.29, 1.82) is 0 Å². The van der Waals surface area contributed by atoms with Crippen molar-refractivity contribution in [3.63, 3.8) is 0 Å². The summed E-state index contributed by atoms with van der Waals surface area (Å²) in [7, 11) is 0. The lowest BCUT2D eigenvalue weighted by atomic mass is 10.5. The standard InChI is InChI=1S/C6H5F5N2S/c7-5(8)3-1-4(14)13(12-3)2-6(9,10)11/h1,5,12H,2H2. The predicted octanol–water partition coefficient (Wildman–Crippen LogP) is 3.05. The summed E-state index contributed by atoms with van der Waals surface area (Å²) in [6.45, 7) is -1.39. The smallest absolute Gasteiger partial charge is 0.296 e. The van der Waals surface area contributed by atoms with Crippen LogP contribution in [0.3, 0.4) is 0 Å². The van der Waals surface area contributed by atoms with Gasteiger partial charge in [-0.3, -0.25) is 9.78 Å². The SMILES string of the molecule is FC(F)c1cc(=S)n(CC(F)(F)F)[nH]1. The molecular formula is C6H5F5N2S. The van der Waals surface area contributed by atoms with Gasteiger partial charge in [0.1, 0.15) is 16.9 Å². The molecule has 1 aromatic heterocycles. The van der Waals surface area contributed by atoms with Crippen LogP contribution in [-0.4, -0.2) is 16.0 Å². The Hall–Kier alpha value is -0.920. The third-order valence-corrected chi connectivity index (χ3v) is 1.72. The van der Waals surface area contributed by atoms with Gasteiger partial charge in [-0.05, 0) is 0 Å². The number of alkyl halides is 5. The van der Waals surface area contributed by atoms with Crippen molar-refractivity contribution in [2.75, 3.05) is 0 Å². The van der Waals surface area contributed by atoms with Crippen molar-refractivity contribution < 1.29 is 22.0 Å². The van der Waals surface area contributed by atoms with Crippen molar-refractivity contribution in [3.8, 4) is 0 Å². The van der Waals surface area contributed by atoms with Crippen LogP contribution in [0, 0.1) is 4.64 Å². The molecule has 8 heteroatoms. The summed E-state index contributed by atoms with van der Waals surface area (Å²) in [6.07, 6.45) is -7.34. The molecular weight excluding hydrogens is 227 g/mol. The van der Waals surface area contributed by atoms with Gasteiger partial charge in [-0.15, -0.1) is 0 Å². The molecule has 0 aliphatic carbocycles. The van der Waals surface area contributed by atoms with Crippen molar-refractivity contribution in [2.24, 2.45) is 0 Å². The first-order valence-electron chi connectivity index (χ1n) is 3.44. The summed E-state index contributed by atoms with van der Waals surface area (Å²) in [4.78, 5) is 0. The molecule has 80 valence electrons. The molecule has 14 heavy (non-hydrogen) atoms. The molecule has 0 aliphatic rings. The monoisotopic (exact) mass is 232 g/mol. The molecule has 0 radical (unpaired) electrons. The third-order valence-electron chi connectivity index (χ3n) is 1.38. The second-order valence-electron chi connectivity index (χ2n) is 2.55. The summed E-state index contributed by atoms with van der Waals surface area (Å²) in [5.74, 6) is 0. The highest BCUT2D eigenvalue weighted by Crippen LogP contribution is 2.20. The summed E-state index contributed by atoms with van der Waals surface area (Å²) < 4.78 is 59.8. The third kappa shape index (κ3) is 2.79. The maximum atomic E-state index is 12.0. The molecule has 1 heterocycles. The van der Waals surface area contributed by atoms with Gasteiger partial charge in [0.2, 0.25) is 0 Å². The molecule has 0 fully saturated rings. The van der Waals surface area contributed by atoms with Gasteiger partial charge in [-0.1, -0.05) is 12.2 Å². The molecule has 0 atom stereocenters. The average molecular weight is 232 g/mol. The van der Waals surface area contributed by atoms with Gasteiger partial charge in [0, 0.05) is 6.07 Å². The molecule has 0 bridgehead atoms. The van der Waals surface area contributed by atoms with Gasteiger partial charge < -0.3 is 0 Å². The number of nitrogens with one attached hydrogen (secondary N) is 1. The average Bonchev–Trinajstić information content (AvgIpc) is 2.29. The Labute approximate surface area is 80.3 Å². The Morgan fingerprint density at radius 1 is 1.43 bits per heavy atom. The van der Waals surface area contributed by atoms with E-state index in [1.54, 1.807) is 0 Å². The van der Waals surface area contributed by atoms with Crippen LogP contribution < -0.4 is 0 Å². The van der Waals surface area contributed by atoms with Gasteiger partial charge in [0.05, 0.1) is 0 Å². The van der Waals surface area contributed by atoms with Crippen LogP contribution in [0.5, 0.6) is 0 Å². The van der Waals surface area contributed by atoms with E-state index >= 15 is 0 Å². The molecule has 1 aromatic rings. The molecule has 1 N–H and O–H groups in total. The highest BCUT2D eigenvalue weighted by atomic mass is 32.1. The Balaban J connectivity index is 2.94. The minimum absolute atomic E-state index is 0.294. The van der Waals surface area contributed by atoms with E-state index in [1.165, 1.54) is 0 Å². The van der Waals surface area contributed by atoms with Crippen molar-refractivity contribution in [2.45, 2.75) is 19.1 Å². The van der Waals surface area contributed by atoms with E-state index in [4.69, 9.17) is 0 Å².